The van der Waals surface area contributed by atoms with E-state index in [2.05, 4.69) is 4.52 Å². The van der Waals surface area contributed by atoms with Crippen LogP contribution < -0.4 is 0 Å². The van der Waals surface area contributed by atoms with E-state index < -0.39 is 50.6 Å². The van der Waals surface area contributed by atoms with E-state index in [0.29, 0.717) is 0 Å². The lowest BCUT2D eigenvalue weighted by atomic mass is 9.92. The third-order valence-electron chi connectivity index (χ3n) is 2.76. The fourth-order valence-corrected chi connectivity index (χ4v) is 2.31. The number of hydrogen-bond donors (Lipinski definition) is 5. The van der Waals surface area contributed by atoms with Gasteiger partial charge in [-0.05, 0) is 13.0 Å². The van der Waals surface area contributed by atoms with Gasteiger partial charge in [-0.15, -0.1) is 0 Å². The lowest BCUT2D eigenvalue weighted by molar-refractivity contribution is -0.158. The van der Waals surface area contributed by atoms with Gasteiger partial charge in [0.2, 0.25) is 0 Å². The molecule has 10 nitrogen and oxygen atoms in total. The number of rotatable bonds is 6. The first-order chi connectivity index (χ1) is 9.51. The van der Waals surface area contributed by atoms with Crippen LogP contribution in [0.2, 0.25) is 0 Å². The summed E-state index contributed by atoms with van der Waals surface area (Å²) in [6, 6.07) is 0. The molecule has 0 aromatic carbocycles. The Morgan fingerprint density at radius 1 is 1.38 bits per heavy atom. The lowest BCUT2D eigenvalue weighted by Crippen LogP contribution is -2.45. The van der Waals surface area contributed by atoms with Crippen molar-refractivity contribution in [1.82, 2.24) is 0 Å². The maximum Gasteiger partial charge on any atom is 0.469 e. The summed E-state index contributed by atoms with van der Waals surface area (Å²) in [6.45, 7) is 1.16. The van der Waals surface area contributed by atoms with Crippen LogP contribution in [0.3, 0.4) is 0 Å². The number of aliphatic hydroxyl groups is 1. The van der Waals surface area contributed by atoms with Gasteiger partial charge < -0.3 is 29.8 Å². The summed E-state index contributed by atoms with van der Waals surface area (Å²) < 4.78 is 20.1. The van der Waals surface area contributed by atoms with Gasteiger partial charge in [-0.3, -0.25) is 4.52 Å². The average Bonchev–Trinajstić information content (AvgIpc) is 2.31. The molecule has 1 aliphatic rings. The second kappa shape index (κ2) is 6.65. The zero-order valence-corrected chi connectivity index (χ0v) is 11.7. The number of carboxylic acids is 2. The van der Waals surface area contributed by atoms with Crippen molar-refractivity contribution in [2.24, 2.45) is 0 Å². The number of hydrogen-bond acceptors (Lipinski definition) is 6. The van der Waals surface area contributed by atoms with E-state index in [1.165, 1.54) is 0 Å². The molecule has 0 unspecified atom stereocenters. The zero-order valence-electron chi connectivity index (χ0n) is 10.8. The van der Waals surface area contributed by atoms with Crippen molar-refractivity contribution in [3.05, 3.63) is 11.6 Å². The highest BCUT2D eigenvalue weighted by molar-refractivity contribution is 7.46. The van der Waals surface area contributed by atoms with Crippen LogP contribution in [0.15, 0.2) is 11.6 Å². The van der Waals surface area contributed by atoms with Gasteiger partial charge in [-0.2, -0.15) is 0 Å². The van der Waals surface area contributed by atoms with E-state index in [1.807, 2.05) is 0 Å². The molecule has 0 bridgehead atoms. The number of ether oxygens (including phenoxy) is 1. The first-order valence-corrected chi connectivity index (χ1v) is 7.28. The fraction of sp³-hybridized carbons (Fsp3) is 0.600. The highest BCUT2D eigenvalue weighted by atomic mass is 31.2. The summed E-state index contributed by atoms with van der Waals surface area (Å²) in [5.41, 5.74) is -0.304. The Labute approximate surface area is 118 Å². The summed E-state index contributed by atoms with van der Waals surface area (Å²) in [7, 11) is -4.96. The number of phosphoric ester groups is 1. The van der Waals surface area contributed by atoms with Crippen molar-refractivity contribution in [2.75, 3.05) is 0 Å². The Balaban J connectivity index is 2.98. The number of aliphatic hydroxyl groups excluding tert-OH is 1. The average molecular weight is 326 g/mol. The van der Waals surface area contributed by atoms with Crippen LogP contribution in [0.5, 0.6) is 0 Å². The molecule has 0 aromatic heterocycles. The molecular formula is C10H15O10P. The fourth-order valence-electron chi connectivity index (χ4n) is 1.76. The first kappa shape index (κ1) is 17.8. The maximum absolute atomic E-state index is 11.0. The predicted octanol–water partition coefficient (Wildman–Crippen LogP) is -0.902. The minimum Gasteiger partial charge on any atom is -0.479 e. The van der Waals surface area contributed by atoms with Gasteiger partial charge in [0.25, 0.3) is 0 Å². The quantitative estimate of drug-likeness (QED) is 0.385. The van der Waals surface area contributed by atoms with E-state index >= 15 is 0 Å². The molecule has 1 rings (SSSR count). The van der Waals surface area contributed by atoms with Crippen LogP contribution in [-0.2, 0) is 23.4 Å². The number of carbonyl (C=O) groups is 2. The first-order valence-electron chi connectivity index (χ1n) is 5.75. The van der Waals surface area contributed by atoms with Crippen molar-refractivity contribution < 1.29 is 48.5 Å². The highest BCUT2D eigenvalue weighted by Crippen LogP contribution is 2.41. The van der Waals surface area contributed by atoms with Crippen molar-refractivity contribution in [2.45, 2.75) is 37.8 Å². The van der Waals surface area contributed by atoms with Crippen LogP contribution >= 0.6 is 7.82 Å². The lowest BCUT2D eigenvalue weighted by Gasteiger charge is -2.33. The van der Waals surface area contributed by atoms with Crippen molar-refractivity contribution in [3.63, 3.8) is 0 Å². The standard InChI is InChI=1S/C10H15O10P/c1-4(9(12)13)19-6-2-5(10(14)15)3-7(8(6)11)20-21(16,17)18/h2,4,6-8,11H,3H2,1H3,(H,12,13)(H,14,15)(H2,16,17,18)/t4-,6+,7+,8-/m0/s1. The SMILES string of the molecule is C[C@H](O[C@@H]1C=C(C(=O)O)C[C@@H](OP(=O)(O)O)[C@H]1O)C(=O)O. The summed E-state index contributed by atoms with van der Waals surface area (Å²) in [5, 5.41) is 27.6. The molecule has 11 heteroatoms. The zero-order chi connectivity index (χ0) is 16.4. The van der Waals surface area contributed by atoms with Crippen LogP contribution in [-0.4, -0.2) is 61.5 Å². The molecule has 0 heterocycles. The summed E-state index contributed by atoms with van der Waals surface area (Å²) in [6.07, 6.45) is -5.36. The van der Waals surface area contributed by atoms with Crippen LogP contribution in [0.4, 0.5) is 0 Å². The van der Waals surface area contributed by atoms with Gasteiger partial charge >= 0.3 is 19.8 Å². The topological polar surface area (TPSA) is 171 Å². The Hall–Kier alpha value is -1.29. The molecule has 0 radical (unpaired) electrons. The highest BCUT2D eigenvalue weighted by Gasteiger charge is 2.40. The van der Waals surface area contributed by atoms with E-state index in [0.717, 1.165) is 13.0 Å². The smallest absolute Gasteiger partial charge is 0.469 e. The number of aliphatic carboxylic acids is 2. The van der Waals surface area contributed by atoms with Gasteiger partial charge in [0.1, 0.15) is 18.3 Å². The van der Waals surface area contributed by atoms with Crippen molar-refractivity contribution in [1.29, 1.82) is 0 Å². The Morgan fingerprint density at radius 2 is 1.95 bits per heavy atom. The molecule has 5 N–H and O–H groups in total. The molecule has 0 aliphatic heterocycles. The van der Waals surface area contributed by atoms with E-state index in [4.69, 9.17) is 24.7 Å². The summed E-state index contributed by atoms with van der Waals surface area (Å²) >= 11 is 0. The molecule has 0 spiro atoms. The molecule has 0 fully saturated rings. The second-order valence-corrected chi connectivity index (χ2v) is 5.60. The van der Waals surface area contributed by atoms with Crippen LogP contribution in [0, 0.1) is 0 Å². The number of carboxylic acid groups (broad SMARTS) is 2. The molecule has 0 saturated carbocycles. The van der Waals surface area contributed by atoms with Crippen LogP contribution in [0.25, 0.3) is 0 Å². The van der Waals surface area contributed by atoms with E-state index in [1.54, 1.807) is 0 Å². The molecule has 120 valence electrons. The molecule has 0 aromatic rings. The Morgan fingerprint density at radius 3 is 2.38 bits per heavy atom. The van der Waals surface area contributed by atoms with E-state index in [-0.39, 0.29) is 5.57 Å². The largest absolute Gasteiger partial charge is 0.479 e. The Kier molecular flexibility index (Phi) is 5.62. The molecule has 0 saturated heterocycles. The number of phosphoric acid groups is 1. The molecule has 0 amide bonds. The summed E-state index contributed by atoms with van der Waals surface area (Å²) in [5.74, 6) is -2.73. The van der Waals surface area contributed by atoms with Crippen molar-refractivity contribution >= 4 is 19.8 Å². The van der Waals surface area contributed by atoms with Gasteiger partial charge in [0.15, 0.2) is 6.10 Å². The van der Waals surface area contributed by atoms with Gasteiger partial charge in [-0.1, -0.05) is 0 Å². The monoisotopic (exact) mass is 326 g/mol. The minimum atomic E-state index is -4.96. The molecule has 21 heavy (non-hydrogen) atoms. The molecule has 4 atom stereocenters. The van der Waals surface area contributed by atoms with E-state index in [9.17, 15) is 19.3 Å². The predicted molar refractivity (Wildman–Crippen MR) is 65.2 cm³/mol. The Bertz CT molecular complexity index is 494. The second-order valence-electron chi connectivity index (χ2n) is 4.41. The maximum atomic E-state index is 11.0. The third kappa shape index (κ3) is 5.20. The molecular weight excluding hydrogens is 311 g/mol. The minimum absolute atomic E-state index is 0.304. The van der Waals surface area contributed by atoms with Gasteiger partial charge in [0.05, 0.1) is 0 Å². The van der Waals surface area contributed by atoms with Crippen LogP contribution in [0.1, 0.15) is 13.3 Å². The molecule has 1 aliphatic carbocycles. The van der Waals surface area contributed by atoms with Gasteiger partial charge in [0, 0.05) is 12.0 Å². The van der Waals surface area contributed by atoms with Gasteiger partial charge in [-0.25, -0.2) is 14.2 Å². The normalized spacial score (nSPS) is 27.8. The van der Waals surface area contributed by atoms with Crippen molar-refractivity contribution in [3.8, 4) is 0 Å². The summed E-state index contributed by atoms with van der Waals surface area (Å²) in [4.78, 5) is 39.2. The third-order valence-corrected chi connectivity index (χ3v) is 3.31.